The third-order valence-corrected chi connectivity index (χ3v) is 6.96. The van der Waals surface area contributed by atoms with Gasteiger partial charge in [-0.05, 0) is 25.2 Å². The number of aliphatic carboxylic acids is 2. The van der Waals surface area contributed by atoms with Crippen molar-refractivity contribution in [1.82, 2.24) is 24.2 Å². The first kappa shape index (κ1) is 25.1. The standard InChI is InChI=1S/C24H32FN5O5/c1-26-6-10-28(11-7-26)21(31)16-27-8-12-29(13-9-27)23(24(34)35)19-15-30(5-4-22(32)33)20-14-17(25)2-3-18(19)20/h2-3,14-15,23H,4-13,16H2,1H3,(H,32,33)(H,34,35). The van der Waals surface area contributed by atoms with Gasteiger partial charge in [0.05, 0.1) is 18.5 Å². The van der Waals surface area contributed by atoms with Crippen LogP contribution in [0.5, 0.6) is 0 Å². The zero-order chi connectivity index (χ0) is 25.1. The van der Waals surface area contributed by atoms with E-state index in [9.17, 15) is 23.9 Å². The molecule has 0 bridgehead atoms. The fraction of sp³-hybridized carbons (Fsp3) is 0.542. The first-order valence-corrected chi connectivity index (χ1v) is 11.9. The molecule has 190 valence electrons. The average Bonchev–Trinajstić information content (AvgIpc) is 3.16. The zero-order valence-electron chi connectivity index (χ0n) is 19.9. The number of aromatic nitrogens is 1. The van der Waals surface area contributed by atoms with E-state index in [-0.39, 0.29) is 18.9 Å². The van der Waals surface area contributed by atoms with Crippen LogP contribution in [-0.2, 0) is 20.9 Å². The number of benzene rings is 1. The Bertz CT molecular complexity index is 1090. The van der Waals surface area contributed by atoms with Gasteiger partial charge in [-0.2, -0.15) is 0 Å². The van der Waals surface area contributed by atoms with Gasteiger partial charge < -0.3 is 24.6 Å². The Morgan fingerprint density at radius 2 is 1.69 bits per heavy atom. The van der Waals surface area contributed by atoms with Gasteiger partial charge in [0.1, 0.15) is 11.9 Å². The van der Waals surface area contributed by atoms with Crippen LogP contribution in [0.4, 0.5) is 4.39 Å². The predicted octanol–water partition coefficient (Wildman–Crippen LogP) is 0.772. The first-order valence-electron chi connectivity index (χ1n) is 11.9. The highest BCUT2D eigenvalue weighted by Gasteiger charge is 2.33. The molecule has 10 nitrogen and oxygen atoms in total. The molecule has 0 spiro atoms. The molecule has 1 amide bonds. The number of piperazine rings is 2. The van der Waals surface area contributed by atoms with Crippen molar-refractivity contribution in [3.05, 3.63) is 35.8 Å². The van der Waals surface area contributed by atoms with Crippen molar-refractivity contribution >= 4 is 28.7 Å². The third kappa shape index (κ3) is 5.80. The van der Waals surface area contributed by atoms with Crippen LogP contribution in [-0.4, -0.2) is 118 Å². The fourth-order valence-corrected chi connectivity index (χ4v) is 4.93. The Balaban J connectivity index is 1.47. The summed E-state index contributed by atoms with van der Waals surface area (Å²) < 4.78 is 15.6. The van der Waals surface area contributed by atoms with Crippen LogP contribution in [0, 0.1) is 5.82 Å². The van der Waals surface area contributed by atoms with Gasteiger partial charge in [-0.15, -0.1) is 0 Å². The van der Waals surface area contributed by atoms with Crippen LogP contribution >= 0.6 is 0 Å². The van der Waals surface area contributed by atoms with Crippen molar-refractivity contribution in [2.45, 2.75) is 19.0 Å². The maximum absolute atomic E-state index is 13.9. The number of rotatable bonds is 8. The highest BCUT2D eigenvalue weighted by atomic mass is 19.1. The molecular weight excluding hydrogens is 457 g/mol. The molecule has 1 atom stereocenters. The molecule has 11 heteroatoms. The van der Waals surface area contributed by atoms with Crippen molar-refractivity contribution in [2.24, 2.45) is 0 Å². The number of halogens is 1. The van der Waals surface area contributed by atoms with Gasteiger partial charge in [-0.3, -0.25) is 24.2 Å². The second kappa shape index (κ2) is 10.7. The van der Waals surface area contributed by atoms with Crippen LogP contribution in [0.15, 0.2) is 24.4 Å². The first-order chi connectivity index (χ1) is 16.7. The molecule has 2 fully saturated rings. The molecule has 2 aliphatic rings. The normalized spacial score (nSPS) is 19.2. The van der Waals surface area contributed by atoms with Crippen molar-refractivity contribution in [2.75, 3.05) is 66.0 Å². The van der Waals surface area contributed by atoms with E-state index in [1.807, 2.05) is 16.8 Å². The van der Waals surface area contributed by atoms with Gasteiger partial charge in [0, 0.05) is 76.0 Å². The summed E-state index contributed by atoms with van der Waals surface area (Å²) >= 11 is 0. The molecular formula is C24H32FN5O5. The number of aryl methyl sites for hydroxylation is 1. The Morgan fingerprint density at radius 3 is 2.31 bits per heavy atom. The van der Waals surface area contributed by atoms with Crippen LogP contribution in [0.2, 0.25) is 0 Å². The quantitative estimate of drug-likeness (QED) is 0.560. The topological polar surface area (TPSA) is 110 Å². The van der Waals surface area contributed by atoms with E-state index in [0.717, 1.165) is 26.2 Å². The molecule has 0 aliphatic carbocycles. The molecule has 0 radical (unpaired) electrons. The number of fused-ring (bicyclic) bond motifs is 1. The van der Waals surface area contributed by atoms with E-state index >= 15 is 0 Å². The summed E-state index contributed by atoms with van der Waals surface area (Å²) in [6, 6.07) is 3.19. The summed E-state index contributed by atoms with van der Waals surface area (Å²) in [5, 5.41) is 19.8. The minimum Gasteiger partial charge on any atom is -0.481 e. The number of carboxylic acid groups (broad SMARTS) is 2. The van der Waals surface area contributed by atoms with Crippen LogP contribution in [0.3, 0.4) is 0 Å². The molecule has 1 unspecified atom stereocenters. The maximum atomic E-state index is 13.9. The highest BCUT2D eigenvalue weighted by Crippen LogP contribution is 2.32. The minimum absolute atomic E-state index is 0.102. The van der Waals surface area contributed by atoms with E-state index in [0.29, 0.717) is 49.2 Å². The number of hydrogen-bond acceptors (Lipinski definition) is 6. The van der Waals surface area contributed by atoms with E-state index in [2.05, 4.69) is 9.80 Å². The Labute approximate surface area is 203 Å². The number of carboxylic acids is 2. The molecule has 1 aromatic heterocycles. The molecule has 0 saturated carbocycles. The van der Waals surface area contributed by atoms with Gasteiger partial charge in [-0.1, -0.05) is 0 Å². The Hall–Kier alpha value is -3.02. The number of nitrogens with zero attached hydrogens (tertiary/aromatic N) is 5. The van der Waals surface area contributed by atoms with Gasteiger partial charge in [0.2, 0.25) is 5.91 Å². The lowest BCUT2D eigenvalue weighted by Crippen LogP contribution is -2.54. The SMILES string of the molecule is CN1CCN(C(=O)CN2CCN(C(C(=O)O)c3cn(CCC(=O)O)c4cc(F)ccc34)CC2)CC1. The maximum Gasteiger partial charge on any atom is 0.325 e. The smallest absolute Gasteiger partial charge is 0.325 e. The summed E-state index contributed by atoms with van der Waals surface area (Å²) in [5.74, 6) is -2.37. The lowest BCUT2D eigenvalue weighted by atomic mass is 10.0. The lowest BCUT2D eigenvalue weighted by molar-refractivity contribution is -0.145. The van der Waals surface area contributed by atoms with Crippen molar-refractivity contribution < 1.29 is 29.0 Å². The molecule has 4 rings (SSSR count). The van der Waals surface area contributed by atoms with Gasteiger partial charge in [0.15, 0.2) is 0 Å². The number of likely N-dealkylation sites (N-methyl/N-ethyl adjacent to an activating group) is 1. The molecule has 2 aliphatic heterocycles. The summed E-state index contributed by atoms with van der Waals surface area (Å²) in [7, 11) is 2.04. The molecule has 35 heavy (non-hydrogen) atoms. The van der Waals surface area contributed by atoms with E-state index in [1.165, 1.54) is 12.1 Å². The number of amides is 1. The third-order valence-electron chi connectivity index (χ3n) is 6.96. The molecule has 2 aromatic rings. The number of hydrogen-bond donors (Lipinski definition) is 2. The number of carbonyl (C=O) groups is 3. The van der Waals surface area contributed by atoms with Crippen LogP contribution in [0.1, 0.15) is 18.0 Å². The van der Waals surface area contributed by atoms with Crippen molar-refractivity contribution in [1.29, 1.82) is 0 Å². The largest absolute Gasteiger partial charge is 0.481 e. The average molecular weight is 490 g/mol. The fourth-order valence-electron chi connectivity index (χ4n) is 4.93. The number of carbonyl (C=O) groups excluding carboxylic acids is 1. The summed E-state index contributed by atoms with van der Waals surface area (Å²) in [6.07, 6.45) is 1.48. The van der Waals surface area contributed by atoms with Crippen molar-refractivity contribution in [3.8, 4) is 0 Å². The predicted molar refractivity (Wildman–Crippen MR) is 127 cm³/mol. The lowest BCUT2D eigenvalue weighted by Gasteiger charge is -2.39. The molecule has 1 aromatic carbocycles. The second-order valence-electron chi connectivity index (χ2n) is 9.32. The van der Waals surface area contributed by atoms with E-state index < -0.39 is 23.8 Å². The summed E-state index contributed by atoms with van der Waals surface area (Å²) in [5.41, 5.74) is 0.990. The second-order valence-corrected chi connectivity index (χ2v) is 9.32. The molecule has 2 N–H and O–H groups in total. The summed E-state index contributed by atoms with van der Waals surface area (Å²) in [6.45, 7) is 5.68. The van der Waals surface area contributed by atoms with Gasteiger partial charge in [-0.25, -0.2) is 4.39 Å². The Kier molecular flexibility index (Phi) is 7.68. The van der Waals surface area contributed by atoms with Crippen LogP contribution < -0.4 is 0 Å². The summed E-state index contributed by atoms with van der Waals surface area (Å²) in [4.78, 5) is 44.1. The van der Waals surface area contributed by atoms with Crippen LogP contribution in [0.25, 0.3) is 10.9 Å². The monoisotopic (exact) mass is 489 g/mol. The minimum atomic E-state index is -1.02. The Morgan fingerprint density at radius 1 is 1.00 bits per heavy atom. The van der Waals surface area contributed by atoms with E-state index in [1.54, 1.807) is 16.8 Å². The van der Waals surface area contributed by atoms with E-state index in [4.69, 9.17) is 5.11 Å². The molecule has 2 saturated heterocycles. The zero-order valence-corrected chi connectivity index (χ0v) is 19.9. The van der Waals surface area contributed by atoms with Gasteiger partial charge >= 0.3 is 11.9 Å². The highest BCUT2D eigenvalue weighted by molar-refractivity contribution is 5.90. The van der Waals surface area contributed by atoms with Gasteiger partial charge in [0.25, 0.3) is 0 Å². The molecule has 3 heterocycles. The van der Waals surface area contributed by atoms with Crippen molar-refractivity contribution in [3.63, 3.8) is 0 Å².